The molecule has 0 radical (unpaired) electrons. The van der Waals surface area contributed by atoms with Gasteiger partial charge in [-0.1, -0.05) is 30.3 Å². The van der Waals surface area contributed by atoms with Crippen LogP contribution in [-0.2, 0) is 11.2 Å². The summed E-state index contributed by atoms with van der Waals surface area (Å²) >= 11 is 0. The number of benzene rings is 2. The number of para-hydroxylation sites is 1. The number of nitrogens with one attached hydrogen (secondary N) is 1. The molecule has 0 saturated carbocycles. The molecule has 1 unspecified atom stereocenters. The maximum Gasteiger partial charge on any atom is 0.303 e. The van der Waals surface area contributed by atoms with E-state index in [1.165, 1.54) is 0 Å². The summed E-state index contributed by atoms with van der Waals surface area (Å²) in [4.78, 5) is 29.4. The molecule has 6 heteroatoms. The van der Waals surface area contributed by atoms with Gasteiger partial charge in [0.15, 0.2) is 0 Å². The Labute approximate surface area is 162 Å². The number of rotatable bonds is 6. The number of fused-ring (bicyclic) bond motifs is 1. The molecule has 1 atom stereocenters. The summed E-state index contributed by atoms with van der Waals surface area (Å²) in [7, 11) is 0. The molecule has 1 fully saturated rings. The molecule has 1 aromatic heterocycles. The van der Waals surface area contributed by atoms with Gasteiger partial charge in [0.1, 0.15) is 5.82 Å². The minimum Gasteiger partial charge on any atom is -0.481 e. The zero-order valence-electron chi connectivity index (χ0n) is 15.6. The minimum absolute atomic E-state index is 0.0490. The predicted molar refractivity (Wildman–Crippen MR) is 108 cm³/mol. The van der Waals surface area contributed by atoms with Gasteiger partial charge in [0.2, 0.25) is 0 Å². The average molecular weight is 377 g/mol. The van der Waals surface area contributed by atoms with Crippen LogP contribution in [0, 0.1) is 0 Å². The quantitative estimate of drug-likeness (QED) is 0.689. The SMILES string of the molecule is O=C(O)CCCc1cccc2nc(C3CCCN3)n(-c3ccccc3)c(=O)c12. The Kier molecular flexibility index (Phi) is 5.21. The molecule has 1 aliphatic heterocycles. The Morgan fingerprint density at radius 2 is 2.00 bits per heavy atom. The van der Waals surface area contributed by atoms with E-state index in [9.17, 15) is 9.59 Å². The van der Waals surface area contributed by atoms with Crippen molar-refractivity contribution in [1.29, 1.82) is 0 Å². The molecule has 1 aliphatic rings. The van der Waals surface area contributed by atoms with Crippen molar-refractivity contribution < 1.29 is 9.90 Å². The smallest absolute Gasteiger partial charge is 0.303 e. The number of hydrogen-bond donors (Lipinski definition) is 2. The molecule has 0 aliphatic carbocycles. The maximum atomic E-state index is 13.6. The Morgan fingerprint density at radius 3 is 2.71 bits per heavy atom. The molecular formula is C22H23N3O3. The third kappa shape index (κ3) is 3.55. The molecule has 0 amide bonds. The second-order valence-corrected chi connectivity index (χ2v) is 7.15. The Bertz CT molecular complexity index is 1050. The van der Waals surface area contributed by atoms with E-state index in [4.69, 9.17) is 10.1 Å². The van der Waals surface area contributed by atoms with Crippen LogP contribution in [0.3, 0.4) is 0 Å². The topological polar surface area (TPSA) is 84.2 Å². The van der Waals surface area contributed by atoms with Gasteiger partial charge in [-0.25, -0.2) is 4.98 Å². The van der Waals surface area contributed by atoms with Gasteiger partial charge in [-0.3, -0.25) is 14.2 Å². The van der Waals surface area contributed by atoms with E-state index in [2.05, 4.69) is 5.32 Å². The van der Waals surface area contributed by atoms with Crippen molar-refractivity contribution in [2.45, 2.75) is 38.1 Å². The fraction of sp³-hybridized carbons (Fsp3) is 0.318. The van der Waals surface area contributed by atoms with Crippen LogP contribution < -0.4 is 10.9 Å². The predicted octanol–water partition coefficient (Wildman–Crippen LogP) is 3.22. The van der Waals surface area contributed by atoms with Crippen LogP contribution in [-0.4, -0.2) is 27.2 Å². The third-order valence-corrected chi connectivity index (χ3v) is 5.23. The molecule has 2 heterocycles. The summed E-state index contributed by atoms with van der Waals surface area (Å²) in [5.74, 6) is -0.0847. The van der Waals surface area contributed by atoms with Crippen molar-refractivity contribution in [3.8, 4) is 5.69 Å². The fourth-order valence-corrected chi connectivity index (χ4v) is 3.92. The van der Waals surface area contributed by atoms with Crippen molar-refractivity contribution in [3.05, 3.63) is 70.3 Å². The van der Waals surface area contributed by atoms with E-state index >= 15 is 0 Å². The summed E-state index contributed by atoms with van der Waals surface area (Å²) in [6, 6.07) is 15.3. The molecule has 0 spiro atoms. The number of carbonyl (C=O) groups is 1. The highest BCUT2D eigenvalue weighted by atomic mass is 16.4. The first-order valence-corrected chi connectivity index (χ1v) is 9.70. The molecule has 6 nitrogen and oxygen atoms in total. The Morgan fingerprint density at radius 1 is 1.18 bits per heavy atom. The zero-order valence-corrected chi connectivity index (χ0v) is 15.6. The van der Waals surface area contributed by atoms with E-state index in [1.54, 1.807) is 4.57 Å². The van der Waals surface area contributed by atoms with Crippen LogP contribution in [0.4, 0.5) is 0 Å². The molecule has 4 rings (SSSR count). The summed E-state index contributed by atoms with van der Waals surface area (Å²) in [6.07, 6.45) is 3.12. The van der Waals surface area contributed by atoms with Crippen molar-refractivity contribution in [2.75, 3.05) is 6.54 Å². The lowest BCUT2D eigenvalue weighted by atomic mass is 10.0. The van der Waals surface area contributed by atoms with Crippen LogP contribution in [0.25, 0.3) is 16.6 Å². The first kappa shape index (κ1) is 18.4. The van der Waals surface area contributed by atoms with Crippen LogP contribution in [0.1, 0.15) is 43.1 Å². The summed E-state index contributed by atoms with van der Waals surface area (Å²) in [5, 5.41) is 13.0. The van der Waals surface area contributed by atoms with E-state index in [1.807, 2.05) is 48.5 Å². The van der Waals surface area contributed by atoms with Gasteiger partial charge in [-0.15, -0.1) is 0 Å². The Balaban J connectivity index is 1.90. The molecule has 0 bridgehead atoms. The molecule has 2 aromatic carbocycles. The number of carboxylic acid groups (broad SMARTS) is 1. The van der Waals surface area contributed by atoms with Gasteiger partial charge in [0.25, 0.3) is 5.56 Å². The Hall–Kier alpha value is -2.99. The second-order valence-electron chi connectivity index (χ2n) is 7.15. The molecule has 28 heavy (non-hydrogen) atoms. The number of aryl methyl sites for hydroxylation is 1. The average Bonchev–Trinajstić information content (AvgIpc) is 3.23. The monoisotopic (exact) mass is 377 g/mol. The van der Waals surface area contributed by atoms with Crippen molar-refractivity contribution in [2.24, 2.45) is 0 Å². The number of aliphatic carboxylic acids is 1. The van der Waals surface area contributed by atoms with Crippen LogP contribution >= 0.6 is 0 Å². The standard InChI is InChI=1S/C22H23N3O3/c26-19(27)13-5-8-15-7-4-11-17-20(15)22(28)25(16-9-2-1-3-10-16)21(24-17)18-12-6-14-23-18/h1-4,7,9-11,18,23H,5-6,8,12-14H2,(H,26,27). The van der Waals surface area contributed by atoms with E-state index in [-0.39, 0.29) is 18.0 Å². The molecule has 3 aromatic rings. The zero-order chi connectivity index (χ0) is 19.5. The third-order valence-electron chi connectivity index (χ3n) is 5.23. The largest absolute Gasteiger partial charge is 0.481 e. The van der Waals surface area contributed by atoms with Gasteiger partial charge < -0.3 is 10.4 Å². The van der Waals surface area contributed by atoms with Crippen molar-refractivity contribution in [1.82, 2.24) is 14.9 Å². The summed E-state index contributed by atoms with van der Waals surface area (Å²) in [6.45, 7) is 0.919. The summed E-state index contributed by atoms with van der Waals surface area (Å²) in [5.41, 5.74) is 2.23. The number of nitrogens with zero attached hydrogens (tertiary/aromatic N) is 2. The molecule has 2 N–H and O–H groups in total. The van der Waals surface area contributed by atoms with Crippen LogP contribution in [0.2, 0.25) is 0 Å². The lowest BCUT2D eigenvalue weighted by Gasteiger charge is -2.19. The van der Waals surface area contributed by atoms with Crippen LogP contribution in [0.15, 0.2) is 53.3 Å². The van der Waals surface area contributed by atoms with Gasteiger partial charge in [0.05, 0.1) is 22.6 Å². The highest BCUT2D eigenvalue weighted by molar-refractivity contribution is 5.82. The van der Waals surface area contributed by atoms with Gasteiger partial charge >= 0.3 is 5.97 Å². The molecule has 1 saturated heterocycles. The highest BCUT2D eigenvalue weighted by Gasteiger charge is 2.24. The second kappa shape index (κ2) is 7.94. The summed E-state index contributed by atoms with van der Waals surface area (Å²) < 4.78 is 1.71. The molecule has 144 valence electrons. The fourth-order valence-electron chi connectivity index (χ4n) is 3.92. The first-order valence-electron chi connectivity index (χ1n) is 9.70. The van der Waals surface area contributed by atoms with Gasteiger partial charge in [0, 0.05) is 6.42 Å². The normalized spacial score (nSPS) is 16.5. The van der Waals surface area contributed by atoms with Crippen molar-refractivity contribution in [3.63, 3.8) is 0 Å². The number of carboxylic acids is 1. The lowest BCUT2D eigenvalue weighted by molar-refractivity contribution is -0.137. The lowest BCUT2D eigenvalue weighted by Crippen LogP contribution is -2.29. The minimum atomic E-state index is -0.824. The van der Waals surface area contributed by atoms with Crippen molar-refractivity contribution >= 4 is 16.9 Å². The number of aromatic nitrogens is 2. The van der Waals surface area contributed by atoms with E-state index in [0.29, 0.717) is 23.7 Å². The van der Waals surface area contributed by atoms with E-state index < -0.39 is 5.97 Å². The maximum absolute atomic E-state index is 13.6. The highest BCUT2D eigenvalue weighted by Crippen LogP contribution is 2.25. The number of hydrogen-bond acceptors (Lipinski definition) is 4. The first-order chi connectivity index (χ1) is 13.6. The van der Waals surface area contributed by atoms with Gasteiger partial charge in [-0.2, -0.15) is 0 Å². The van der Waals surface area contributed by atoms with E-state index in [0.717, 1.165) is 36.5 Å². The molecular weight excluding hydrogens is 354 g/mol. The van der Waals surface area contributed by atoms with Crippen LogP contribution in [0.5, 0.6) is 0 Å². The van der Waals surface area contributed by atoms with Gasteiger partial charge in [-0.05, 0) is 56.0 Å².